The van der Waals surface area contributed by atoms with Gasteiger partial charge in [-0.2, -0.15) is 0 Å². The molecule has 86 valence electrons. The third kappa shape index (κ3) is 3.71. The van der Waals surface area contributed by atoms with Gasteiger partial charge in [-0.15, -0.1) is 0 Å². The number of nitrogens with zero attached hydrogens (tertiary/aromatic N) is 1. The first kappa shape index (κ1) is 12.3. The summed E-state index contributed by atoms with van der Waals surface area (Å²) in [5, 5.41) is 3.28. The third-order valence-corrected chi connectivity index (χ3v) is 2.84. The van der Waals surface area contributed by atoms with E-state index in [-0.39, 0.29) is 0 Å². The zero-order valence-electron chi connectivity index (χ0n) is 10.7. The molecule has 0 saturated heterocycles. The maximum Gasteiger partial charge on any atom is 0.0443 e. The maximum absolute atomic E-state index is 3.28. The molecular weight excluding hydrogens is 184 g/mol. The van der Waals surface area contributed by atoms with Crippen LogP contribution in [-0.4, -0.2) is 11.6 Å². The Morgan fingerprint density at radius 3 is 2.60 bits per heavy atom. The summed E-state index contributed by atoms with van der Waals surface area (Å²) in [7, 11) is 2.01. The second-order valence-corrected chi connectivity index (χ2v) is 5.45. The van der Waals surface area contributed by atoms with Gasteiger partial charge >= 0.3 is 0 Å². The van der Waals surface area contributed by atoms with Crippen molar-refractivity contribution < 1.29 is 0 Å². The molecule has 1 unspecified atom stereocenters. The molecule has 1 aromatic heterocycles. The van der Waals surface area contributed by atoms with Crippen molar-refractivity contribution in [3.63, 3.8) is 0 Å². The molecule has 0 radical (unpaired) electrons. The van der Waals surface area contributed by atoms with Crippen LogP contribution in [0.15, 0.2) is 18.3 Å². The van der Waals surface area contributed by atoms with Crippen LogP contribution in [0.4, 0.5) is 0 Å². The van der Waals surface area contributed by atoms with E-state index in [0.29, 0.717) is 11.5 Å². The number of rotatable bonds is 4. The van der Waals surface area contributed by atoms with Crippen LogP contribution in [0.25, 0.3) is 0 Å². The molecule has 0 aliphatic heterocycles. The van der Waals surface area contributed by atoms with E-state index >= 15 is 0 Å². The van der Waals surface area contributed by atoms with E-state index in [4.69, 9.17) is 0 Å². The highest BCUT2D eigenvalue weighted by Gasteiger charge is 2.12. The fraction of sp³-hybridized carbons (Fsp3) is 0.692. The Balaban J connectivity index is 2.65. The van der Waals surface area contributed by atoms with Crippen molar-refractivity contribution in [2.75, 3.05) is 7.05 Å². The van der Waals surface area contributed by atoms with Crippen LogP contribution in [0.2, 0.25) is 0 Å². The Kier molecular flexibility index (Phi) is 3.97. The van der Waals surface area contributed by atoms with Crippen LogP contribution in [0.3, 0.4) is 0 Å². The SMILES string of the molecule is CNC(C)c1cccn1CCC(C)(C)C. The zero-order chi connectivity index (χ0) is 11.5. The zero-order valence-corrected chi connectivity index (χ0v) is 10.7. The van der Waals surface area contributed by atoms with Crippen LogP contribution in [0.5, 0.6) is 0 Å². The summed E-state index contributed by atoms with van der Waals surface area (Å²) in [5.41, 5.74) is 1.78. The number of nitrogens with one attached hydrogen (secondary N) is 1. The van der Waals surface area contributed by atoms with Crippen molar-refractivity contribution in [2.45, 2.75) is 46.7 Å². The second-order valence-electron chi connectivity index (χ2n) is 5.45. The molecular formula is C13H24N2. The van der Waals surface area contributed by atoms with Crippen LogP contribution in [-0.2, 0) is 6.54 Å². The minimum absolute atomic E-state index is 0.407. The molecule has 0 aromatic carbocycles. The quantitative estimate of drug-likeness (QED) is 0.804. The molecule has 1 heterocycles. The molecule has 0 fully saturated rings. The summed E-state index contributed by atoms with van der Waals surface area (Å²) in [6, 6.07) is 4.76. The molecule has 1 rings (SSSR count). The number of hydrogen-bond acceptors (Lipinski definition) is 1. The lowest BCUT2D eigenvalue weighted by Crippen LogP contribution is -2.18. The first-order chi connectivity index (χ1) is 6.94. The van der Waals surface area contributed by atoms with Gasteiger partial charge in [0.15, 0.2) is 0 Å². The molecule has 0 spiro atoms. The molecule has 0 aliphatic carbocycles. The van der Waals surface area contributed by atoms with E-state index in [9.17, 15) is 0 Å². The van der Waals surface area contributed by atoms with Gasteiger partial charge in [0.05, 0.1) is 0 Å². The molecule has 2 heteroatoms. The lowest BCUT2D eigenvalue weighted by molar-refractivity contribution is 0.346. The molecule has 1 aromatic rings. The fourth-order valence-electron chi connectivity index (χ4n) is 1.63. The predicted molar refractivity (Wildman–Crippen MR) is 66.0 cm³/mol. The average Bonchev–Trinajstić information content (AvgIpc) is 2.60. The van der Waals surface area contributed by atoms with Crippen molar-refractivity contribution in [1.82, 2.24) is 9.88 Å². The average molecular weight is 208 g/mol. The number of aromatic nitrogens is 1. The van der Waals surface area contributed by atoms with Gasteiger partial charge in [0.25, 0.3) is 0 Å². The largest absolute Gasteiger partial charge is 0.350 e. The minimum atomic E-state index is 0.407. The molecule has 0 saturated carbocycles. The van der Waals surface area contributed by atoms with Crippen LogP contribution >= 0.6 is 0 Å². The van der Waals surface area contributed by atoms with E-state index in [2.05, 4.69) is 55.9 Å². The van der Waals surface area contributed by atoms with Crippen molar-refractivity contribution in [3.05, 3.63) is 24.0 Å². The molecule has 1 N–H and O–H groups in total. The van der Waals surface area contributed by atoms with Crippen molar-refractivity contribution in [1.29, 1.82) is 0 Å². The summed E-state index contributed by atoms with van der Waals surface area (Å²) in [4.78, 5) is 0. The highest BCUT2D eigenvalue weighted by Crippen LogP contribution is 2.21. The molecule has 2 nitrogen and oxygen atoms in total. The Morgan fingerprint density at radius 1 is 1.40 bits per heavy atom. The predicted octanol–water partition coefficient (Wildman–Crippen LogP) is 3.20. The van der Waals surface area contributed by atoms with Crippen molar-refractivity contribution in [2.24, 2.45) is 5.41 Å². The van der Waals surface area contributed by atoms with Crippen molar-refractivity contribution >= 4 is 0 Å². The summed E-state index contributed by atoms with van der Waals surface area (Å²) >= 11 is 0. The maximum atomic E-state index is 3.28. The van der Waals surface area contributed by atoms with Gasteiger partial charge in [-0.3, -0.25) is 0 Å². The highest BCUT2D eigenvalue weighted by atomic mass is 15.0. The van der Waals surface area contributed by atoms with E-state index in [1.54, 1.807) is 0 Å². The molecule has 1 atom stereocenters. The first-order valence-electron chi connectivity index (χ1n) is 5.76. The lowest BCUT2D eigenvalue weighted by atomic mass is 9.92. The minimum Gasteiger partial charge on any atom is -0.350 e. The Labute approximate surface area is 93.7 Å². The van der Waals surface area contributed by atoms with Gasteiger partial charge in [0.1, 0.15) is 0 Å². The van der Waals surface area contributed by atoms with Gasteiger partial charge < -0.3 is 9.88 Å². The second kappa shape index (κ2) is 4.84. The van der Waals surface area contributed by atoms with Crippen molar-refractivity contribution in [3.8, 4) is 0 Å². The Morgan fingerprint density at radius 2 is 2.07 bits per heavy atom. The van der Waals surface area contributed by atoms with Gasteiger partial charge in [-0.25, -0.2) is 0 Å². The van der Waals surface area contributed by atoms with Gasteiger partial charge in [0, 0.05) is 24.5 Å². The van der Waals surface area contributed by atoms with Gasteiger partial charge in [0.2, 0.25) is 0 Å². The van der Waals surface area contributed by atoms with Crippen LogP contribution < -0.4 is 5.32 Å². The van der Waals surface area contributed by atoms with E-state index < -0.39 is 0 Å². The fourth-order valence-corrected chi connectivity index (χ4v) is 1.63. The third-order valence-electron chi connectivity index (χ3n) is 2.84. The normalized spacial score (nSPS) is 14.2. The first-order valence-corrected chi connectivity index (χ1v) is 5.76. The van der Waals surface area contributed by atoms with Gasteiger partial charge in [-0.05, 0) is 37.9 Å². The Hall–Kier alpha value is -0.760. The lowest BCUT2D eigenvalue weighted by Gasteiger charge is -2.21. The summed E-state index contributed by atoms with van der Waals surface area (Å²) < 4.78 is 2.35. The van der Waals surface area contributed by atoms with Crippen LogP contribution in [0, 0.1) is 5.41 Å². The summed E-state index contributed by atoms with van der Waals surface area (Å²) in [6.07, 6.45) is 3.39. The number of aryl methyl sites for hydroxylation is 1. The molecule has 0 aliphatic rings. The molecule has 0 bridgehead atoms. The highest BCUT2D eigenvalue weighted by molar-refractivity contribution is 5.11. The van der Waals surface area contributed by atoms with E-state index in [1.807, 2.05) is 7.05 Å². The molecule has 0 amide bonds. The van der Waals surface area contributed by atoms with E-state index in [0.717, 1.165) is 6.54 Å². The topological polar surface area (TPSA) is 17.0 Å². The number of hydrogen-bond donors (Lipinski definition) is 1. The smallest absolute Gasteiger partial charge is 0.0443 e. The van der Waals surface area contributed by atoms with Gasteiger partial charge in [-0.1, -0.05) is 20.8 Å². The molecule has 15 heavy (non-hydrogen) atoms. The van der Waals surface area contributed by atoms with E-state index in [1.165, 1.54) is 12.1 Å². The van der Waals surface area contributed by atoms with Crippen LogP contribution in [0.1, 0.15) is 45.9 Å². The summed E-state index contributed by atoms with van der Waals surface area (Å²) in [5.74, 6) is 0. The monoisotopic (exact) mass is 208 g/mol. The standard InChI is InChI=1S/C13H24N2/c1-11(14-5)12-7-6-9-15(12)10-8-13(2,3)4/h6-7,9,11,14H,8,10H2,1-5H3. The Bertz CT molecular complexity index is 294. The summed E-state index contributed by atoms with van der Waals surface area (Å²) in [6.45, 7) is 10.2.